The highest BCUT2D eigenvalue weighted by atomic mass is 16.5. The molecular weight excluding hydrogens is 390 g/mol. The van der Waals surface area contributed by atoms with E-state index >= 15 is 0 Å². The molecule has 0 fully saturated rings. The molecular formula is C25H23N3O3. The van der Waals surface area contributed by atoms with Gasteiger partial charge in [0.1, 0.15) is 11.6 Å². The molecule has 4 aromatic rings. The Balaban J connectivity index is 1.62. The van der Waals surface area contributed by atoms with E-state index in [0.717, 1.165) is 11.3 Å². The van der Waals surface area contributed by atoms with Gasteiger partial charge in [0.2, 0.25) is 0 Å². The maximum Gasteiger partial charge on any atom is 0.265 e. The van der Waals surface area contributed by atoms with E-state index in [1.807, 2.05) is 51.1 Å². The first-order valence-electron chi connectivity index (χ1n) is 10.1. The van der Waals surface area contributed by atoms with Crippen molar-refractivity contribution in [1.29, 1.82) is 0 Å². The van der Waals surface area contributed by atoms with E-state index in [4.69, 9.17) is 4.74 Å². The predicted molar refractivity (Wildman–Crippen MR) is 122 cm³/mol. The third-order valence-electron chi connectivity index (χ3n) is 5.09. The number of fused-ring (bicyclic) bond motifs is 1. The number of carbonyl (C=O) groups excluding carboxylic acids is 1. The summed E-state index contributed by atoms with van der Waals surface area (Å²) in [7, 11) is 0. The van der Waals surface area contributed by atoms with Crippen LogP contribution < -0.4 is 15.6 Å². The maximum atomic E-state index is 13.0. The van der Waals surface area contributed by atoms with Gasteiger partial charge in [0, 0.05) is 11.3 Å². The molecule has 0 aliphatic heterocycles. The number of ether oxygens (including phenoxy) is 1. The fraction of sp³-hybridized carbons (Fsp3) is 0.160. The van der Waals surface area contributed by atoms with Crippen LogP contribution in [0.15, 0.2) is 71.5 Å². The highest BCUT2D eigenvalue weighted by Crippen LogP contribution is 2.21. The van der Waals surface area contributed by atoms with E-state index in [1.165, 1.54) is 0 Å². The van der Waals surface area contributed by atoms with Crippen LogP contribution in [0.2, 0.25) is 0 Å². The molecule has 1 heterocycles. The second-order valence-electron chi connectivity index (χ2n) is 7.23. The number of carbonyl (C=O) groups is 1. The van der Waals surface area contributed by atoms with E-state index in [0.29, 0.717) is 40.3 Å². The minimum absolute atomic E-state index is 0.117. The summed E-state index contributed by atoms with van der Waals surface area (Å²) >= 11 is 0. The van der Waals surface area contributed by atoms with Gasteiger partial charge in [-0.15, -0.1) is 0 Å². The molecule has 1 amide bonds. The van der Waals surface area contributed by atoms with Gasteiger partial charge >= 0.3 is 0 Å². The SMILES string of the molecule is CCOc1ccc(C(=O)Nc2ccc(-n3c(C)nc4ccccc4c3=O)cc2C)cc1. The monoisotopic (exact) mass is 413 g/mol. The van der Waals surface area contributed by atoms with Crippen LogP contribution in [0.5, 0.6) is 5.75 Å². The number of aromatic nitrogens is 2. The van der Waals surface area contributed by atoms with Gasteiger partial charge in [-0.2, -0.15) is 0 Å². The van der Waals surface area contributed by atoms with Crippen molar-refractivity contribution < 1.29 is 9.53 Å². The summed E-state index contributed by atoms with van der Waals surface area (Å²) in [6, 6.07) is 19.8. The average Bonchev–Trinajstić information content (AvgIpc) is 2.76. The van der Waals surface area contributed by atoms with Gasteiger partial charge in [0.25, 0.3) is 11.5 Å². The zero-order chi connectivity index (χ0) is 22.0. The van der Waals surface area contributed by atoms with Crippen LogP contribution in [0.1, 0.15) is 28.7 Å². The standard InChI is InChI=1S/C25H23N3O3/c1-4-31-20-12-9-18(10-13-20)24(29)27-22-14-11-19(15-16(22)2)28-17(3)26-23-8-6-5-7-21(23)25(28)30/h5-15H,4H2,1-3H3,(H,27,29). The van der Waals surface area contributed by atoms with Crippen LogP contribution in [0.4, 0.5) is 5.69 Å². The van der Waals surface area contributed by atoms with Gasteiger partial charge in [0.15, 0.2) is 0 Å². The van der Waals surface area contributed by atoms with E-state index in [1.54, 1.807) is 41.0 Å². The molecule has 0 saturated heterocycles. The molecule has 0 bridgehead atoms. The molecule has 3 aromatic carbocycles. The molecule has 0 unspecified atom stereocenters. The zero-order valence-corrected chi connectivity index (χ0v) is 17.7. The third kappa shape index (κ3) is 4.05. The molecule has 4 rings (SSSR count). The lowest BCUT2D eigenvalue weighted by Crippen LogP contribution is -2.22. The number of nitrogens with one attached hydrogen (secondary N) is 1. The number of amides is 1. The molecule has 156 valence electrons. The average molecular weight is 413 g/mol. The van der Waals surface area contributed by atoms with Crippen molar-refractivity contribution in [2.75, 3.05) is 11.9 Å². The lowest BCUT2D eigenvalue weighted by molar-refractivity contribution is 0.102. The summed E-state index contributed by atoms with van der Waals surface area (Å²) in [5.41, 5.74) is 3.33. The van der Waals surface area contributed by atoms with Crippen molar-refractivity contribution in [3.63, 3.8) is 0 Å². The number of hydrogen-bond donors (Lipinski definition) is 1. The van der Waals surface area contributed by atoms with Crippen LogP contribution >= 0.6 is 0 Å². The van der Waals surface area contributed by atoms with Gasteiger partial charge in [-0.25, -0.2) is 4.98 Å². The summed E-state index contributed by atoms with van der Waals surface area (Å²) < 4.78 is 7.01. The van der Waals surface area contributed by atoms with E-state index in [2.05, 4.69) is 10.3 Å². The quantitative estimate of drug-likeness (QED) is 0.517. The van der Waals surface area contributed by atoms with Gasteiger partial charge < -0.3 is 10.1 Å². The second-order valence-corrected chi connectivity index (χ2v) is 7.23. The Bertz CT molecular complexity index is 1320. The largest absolute Gasteiger partial charge is 0.494 e. The van der Waals surface area contributed by atoms with Gasteiger partial charge in [-0.3, -0.25) is 14.2 Å². The summed E-state index contributed by atoms with van der Waals surface area (Å²) in [5, 5.41) is 3.50. The number of benzene rings is 3. The Labute approximate surface area is 180 Å². The van der Waals surface area contributed by atoms with Crippen LogP contribution in [-0.4, -0.2) is 22.1 Å². The summed E-state index contributed by atoms with van der Waals surface area (Å²) in [6.07, 6.45) is 0. The van der Waals surface area contributed by atoms with Crippen molar-refractivity contribution in [2.45, 2.75) is 20.8 Å². The van der Waals surface area contributed by atoms with Crippen molar-refractivity contribution >= 4 is 22.5 Å². The van der Waals surface area contributed by atoms with Crippen LogP contribution in [0, 0.1) is 13.8 Å². The fourth-order valence-corrected chi connectivity index (χ4v) is 3.54. The molecule has 0 aliphatic carbocycles. The lowest BCUT2D eigenvalue weighted by atomic mass is 10.1. The molecule has 0 radical (unpaired) electrons. The topological polar surface area (TPSA) is 73.2 Å². The van der Waals surface area contributed by atoms with Gasteiger partial charge in [-0.1, -0.05) is 12.1 Å². The lowest BCUT2D eigenvalue weighted by Gasteiger charge is -2.14. The van der Waals surface area contributed by atoms with Gasteiger partial charge in [0.05, 0.1) is 23.2 Å². The third-order valence-corrected chi connectivity index (χ3v) is 5.09. The maximum absolute atomic E-state index is 13.0. The minimum Gasteiger partial charge on any atom is -0.494 e. The molecule has 6 nitrogen and oxygen atoms in total. The normalized spacial score (nSPS) is 10.8. The summed E-state index contributed by atoms with van der Waals surface area (Å²) in [4.78, 5) is 30.2. The Morgan fingerprint density at radius 3 is 2.48 bits per heavy atom. The van der Waals surface area contributed by atoms with Crippen LogP contribution in [0.25, 0.3) is 16.6 Å². The zero-order valence-electron chi connectivity index (χ0n) is 17.7. The van der Waals surface area contributed by atoms with E-state index < -0.39 is 0 Å². The summed E-state index contributed by atoms with van der Waals surface area (Å²) in [6.45, 7) is 6.19. The number of hydrogen-bond acceptors (Lipinski definition) is 4. The number of rotatable bonds is 5. The van der Waals surface area contributed by atoms with Crippen LogP contribution in [-0.2, 0) is 0 Å². The Kier molecular flexibility index (Phi) is 5.54. The Hall–Kier alpha value is -3.93. The number of nitrogens with zero attached hydrogens (tertiary/aromatic N) is 2. The molecule has 31 heavy (non-hydrogen) atoms. The molecule has 0 saturated carbocycles. The minimum atomic E-state index is -0.209. The van der Waals surface area contributed by atoms with Crippen LogP contribution in [0.3, 0.4) is 0 Å². The smallest absolute Gasteiger partial charge is 0.265 e. The first-order valence-corrected chi connectivity index (χ1v) is 10.1. The number of anilines is 1. The predicted octanol–water partition coefficient (Wildman–Crippen LogP) is 4.65. The molecule has 1 aromatic heterocycles. The van der Waals surface area contributed by atoms with Gasteiger partial charge in [-0.05, 0) is 80.9 Å². The molecule has 1 N–H and O–H groups in total. The van der Waals surface area contributed by atoms with Crippen molar-refractivity contribution in [3.8, 4) is 11.4 Å². The summed E-state index contributed by atoms with van der Waals surface area (Å²) in [5.74, 6) is 1.12. The van der Waals surface area contributed by atoms with Crippen molar-refractivity contribution in [1.82, 2.24) is 9.55 Å². The number of aryl methyl sites for hydroxylation is 2. The van der Waals surface area contributed by atoms with Crippen molar-refractivity contribution in [2.24, 2.45) is 0 Å². The number of para-hydroxylation sites is 1. The van der Waals surface area contributed by atoms with Crippen molar-refractivity contribution in [3.05, 3.63) is 94.0 Å². The highest BCUT2D eigenvalue weighted by Gasteiger charge is 2.12. The molecule has 0 atom stereocenters. The fourth-order valence-electron chi connectivity index (χ4n) is 3.54. The van der Waals surface area contributed by atoms with E-state index in [9.17, 15) is 9.59 Å². The molecule has 0 aliphatic rings. The Morgan fingerprint density at radius 1 is 1.03 bits per heavy atom. The highest BCUT2D eigenvalue weighted by molar-refractivity contribution is 6.04. The molecule has 0 spiro atoms. The Morgan fingerprint density at radius 2 is 1.77 bits per heavy atom. The first-order chi connectivity index (χ1) is 15.0. The second kappa shape index (κ2) is 8.44. The van der Waals surface area contributed by atoms with E-state index in [-0.39, 0.29) is 11.5 Å². The first kappa shape index (κ1) is 20.3. The molecule has 6 heteroatoms.